The molecule has 0 saturated carbocycles. The molecular weight excluding hydrogens is 320 g/mol. The number of nitrogens with two attached hydrogens (primary N) is 1. The van der Waals surface area contributed by atoms with Gasteiger partial charge in [0.05, 0.1) is 24.4 Å². The summed E-state index contributed by atoms with van der Waals surface area (Å²) >= 11 is 0. The molecular formula is C17H18N6O2. The Morgan fingerprint density at radius 1 is 1.48 bits per heavy atom. The van der Waals surface area contributed by atoms with Gasteiger partial charge in [0.25, 0.3) is 5.91 Å². The van der Waals surface area contributed by atoms with E-state index in [-0.39, 0.29) is 12.1 Å². The van der Waals surface area contributed by atoms with Gasteiger partial charge in [-0.1, -0.05) is 5.92 Å². The molecule has 128 valence electrons. The van der Waals surface area contributed by atoms with Gasteiger partial charge in [0.2, 0.25) is 5.95 Å². The molecule has 0 fully saturated rings. The number of primary amides is 1. The van der Waals surface area contributed by atoms with E-state index in [1.807, 2.05) is 18.2 Å². The second-order valence-electron chi connectivity index (χ2n) is 5.34. The van der Waals surface area contributed by atoms with Gasteiger partial charge in [-0.15, -0.1) is 6.42 Å². The van der Waals surface area contributed by atoms with Crippen molar-refractivity contribution in [2.24, 2.45) is 5.73 Å². The van der Waals surface area contributed by atoms with Crippen LogP contribution in [-0.4, -0.2) is 35.6 Å². The molecule has 8 nitrogen and oxygen atoms in total. The van der Waals surface area contributed by atoms with Crippen LogP contribution in [0.2, 0.25) is 0 Å². The SMILES string of the molecule is C#CCNc1nc(Nc2ccc3c(c2)NCCCO3)ncc1C(N)=O. The van der Waals surface area contributed by atoms with Gasteiger partial charge in [-0.25, -0.2) is 4.98 Å². The van der Waals surface area contributed by atoms with Crippen LogP contribution < -0.4 is 26.4 Å². The van der Waals surface area contributed by atoms with Gasteiger partial charge in [0.15, 0.2) is 0 Å². The first-order valence-corrected chi connectivity index (χ1v) is 7.79. The maximum absolute atomic E-state index is 11.5. The topological polar surface area (TPSA) is 114 Å². The van der Waals surface area contributed by atoms with Crippen LogP contribution in [0, 0.1) is 12.3 Å². The number of rotatable bonds is 5. The lowest BCUT2D eigenvalue weighted by molar-refractivity contribution is 0.100. The minimum atomic E-state index is -0.627. The molecule has 0 atom stereocenters. The highest BCUT2D eigenvalue weighted by molar-refractivity contribution is 5.97. The predicted octanol–water partition coefficient (Wildman–Crippen LogP) is 1.56. The third-order valence-corrected chi connectivity index (χ3v) is 3.54. The minimum absolute atomic E-state index is 0.179. The van der Waals surface area contributed by atoms with Crippen LogP contribution in [0.5, 0.6) is 5.75 Å². The van der Waals surface area contributed by atoms with E-state index in [1.165, 1.54) is 6.20 Å². The molecule has 1 aromatic heterocycles. The number of hydrogen-bond donors (Lipinski definition) is 4. The van der Waals surface area contributed by atoms with E-state index in [4.69, 9.17) is 16.9 Å². The van der Waals surface area contributed by atoms with Crippen LogP contribution in [0.1, 0.15) is 16.8 Å². The Bertz CT molecular complexity index is 830. The second kappa shape index (κ2) is 7.40. The standard InChI is InChI=1S/C17H18N6O2/c1-2-6-20-16-12(15(18)24)10-21-17(23-16)22-11-4-5-14-13(9-11)19-7-3-8-25-14/h1,4-5,9-10,19H,3,6-8H2,(H2,18,24)(H2,20,21,22,23). The summed E-state index contributed by atoms with van der Waals surface area (Å²) in [5.74, 6) is 3.22. The molecule has 0 spiro atoms. The summed E-state index contributed by atoms with van der Waals surface area (Å²) in [5, 5.41) is 9.28. The third-order valence-electron chi connectivity index (χ3n) is 3.54. The number of carbonyl (C=O) groups excluding carboxylic acids is 1. The van der Waals surface area contributed by atoms with Crippen LogP contribution in [0.15, 0.2) is 24.4 Å². The van der Waals surface area contributed by atoms with Gasteiger partial charge < -0.3 is 26.4 Å². The Morgan fingerprint density at radius 3 is 3.16 bits per heavy atom. The molecule has 25 heavy (non-hydrogen) atoms. The van der Waals surface area contributed by atoms with E-state index in [0.717, 1.165) is 30.1 Å². The van der Waals surface area contributed by atoms with Gasteiger partial charge >= 0.3 is 0 Å². The molecule has 0 unspecified atom stereocenters. The Labute approximate surface area is 145 Å². The smallest absolute Gasteiger partial charge is 0.254 e. The molecule has 8 heteroatoms. The van der Waals surface area contributed by atoms with E-state index in [0.29, 0.717) is 18.4 Å². The highest BCUT2D eigenvalue weighted by atomic mass is 16.5. The number of aromatic nitrogens is 2. The summed E-state index contributed by atoms with van der Waals surface area (Å²) in [7, 11) is 0. The van der Waals surface area contributed by atoms with Crippen molar-refractivity contribution >= 4 is 29.0 Å². The average molecular weight is 338 g/mol. The number of amides is 1. The Morgan fingerprint density at radius 2 is 2.36 bits per heavy atom. The number of nitrogens with one attached hydrogen (secondary N) is 3. The van der Waals surface area contributed by atoms with Gasteiger partial charge in [-0.2, -0.15) is 4.98 Å². The monoisotopic (exact) mass is 338 g/mol. The lowest BCUT2D eigenvalue weighted by Crippen LogP contribution is -2.17. The number of benzene rings is 1. The lowest BCUT2D eigenvalue weighted by Gasteiger charge is -2.12. The first-order valence-electron chi connectivity index (χ1n) is 7.79. The van der Waals surface area contributed by atoms with Gasteiger partial charge in [0.1, 0.15) is 11.6 Å². The van der Waals surface area contributed by atoms with E-state index in [2.05, 4.69) is 31.8 Å². The molecule has 5 N–H and O–H groups in total. The van der Waals surface area contributed by atoms with Crippen molar-refractivity contribution in [3.8, 4) is 18.1 Å². The van der Waals surface area contributed by atoms with Crippen molar-refractivity contribution < 1.29 is 9.53 Å². The number of anilines is 4. The number of ether oxygens (including phenoxy) is 1. The largest absolute Gasteiger partial charge is 0.491 e. The zero-order valence-electron chi connectivity index (χ0n) is 13.5. The fraction of sp³-hybridized carbons (Fsp3) is 0.235. The van der Waals surface area contributed by atoms with Crippen LogP contribution in [0.3, 0.4) is 0 Å². The van der Waals surface area contributed by atoms with Crippen LogP contribution in [0.25, 0.3) is 0 Å². The normalized spacial score (nSPS) is 12.6. The molecule has 3 rings (SSSR count). The van der Waals surface area contributed by atoms with Crippen LogP contribution in [0.4, 0.5) is 23.1 Å². The average Bonchev–Trinajstić information content (AvgIpc) is 2.84. The highest BCUT2D eigenvalue weighted by Gasteiger charge is 2.13. The van der Waals surface area contributed by atoms with Crippen molar-refractivity contribution in [3.63, 3.8) is 0 Å². The summed E-state index contributed by atoms with van der Waals surface area (Å²) in [5.41, 5.74) is 7.19. The summed E-state index contributed by atoms with van der Waals surface area (Å²) < 4.78 is 5.66. The number of terminal acetylenes is 1. The summed E-state index contributed by atoms with van der Waals surface area (Å²) in [4.78, 5) is 19.9. The van der Waals surface area contributed by atoms with Crippen molar-refractivity contribution in [1.82, 2.24) is 9.97 Å². The fourth-order valence-corrected chi connectivity index (χ4v) is 2.37. The van der Waals surface area contributed by atoms with Gasteiger partial charge in [0, 0.05) is 18.4 Å². The maximum Gasteiger partial charge on any atom is 0.254 e. The molecule has 1 aromatic carbocycles. The van der Waals surface area contributed by atoms with Crippen molar-refractivity contribution in [2.75, 3.05) is 35.6 Å². The molecule has 2 aromatic rings. The molecule has 0 saturated heterocycles. The van der Waals surface area contributed by atoms with E-state index < -0.39 is 5.91 Å². The Balaban J connectivity index is 1.84. The predicted molar refractivity (Wildman–Crippen MR) is 96.2 cm³/mol. The van der Waals surface area contributed by atoms with Gasteiger partial charge in [-0.3, -0.25) is 4.79 Å². The summed E-state index contributed by atoms with van der Waals surface area (Å²) in [6.07, 6.45) is 7.54. The second-order valence-corrected chi connectivity index (χ2v) is 5.34. The Kier molecular flexibility index (Phi) is 4.85. The number of carbonyl (C=O) groups is 1. The zero-order valence-corrected chi connectivity index (χ0v) is 13.5. The highest BCUT2D eigenvalue weighted by Crippen LogP contribution is 2.30. The molecule has 0 aliphatic carbocycles. The number of hydrogen-bond acceptors (Lipinski definition) is 7. The molecule has 2 heterocycles. The first-order chi connectivity index (χ1) is 12.2. The third kappa shape index (κ3) is 3.90. The summed E-state index contributed by atoms with van der Waals surface area (Å²) in [6, 6.07) is 5.66. The quantitative estimate of drug-likeness (QED) is 0.612. The molecule has 1 aliphatic rings. The van der Waals surface area contributed by atoms with Crippen LogP contribution in [-0.2, 0) is 0 Å². The van der Waals surface area contributed by atoms with Crippen molar-refractivity contribution in [2.45, 2.75) is 6.42 Å². The Hall–Kier alpha value is -3.47. The maximum atomic E-state index is 11.5. The van der Waals surface area contributed by atoms with Crippen molar-refractivity contribution in [1.29, 1.82) is 0 Å². The van der Waals surface area contributed by atoms with Crippen LogP contribution >= 0.6 is 0 Å². The minimum Gasteiger partial charge on any atom is -0.491 e. The molecule has 1 aliphatic heterocycles. The van der Waals surface area contributed by atoms with E-state index >= 15 is 0 Å². The summed E-state index contributed by atoms with van der Waals surface area (Å²) in [6.45, 7) is 1.76. The van der Waals surface area contributed by atoms with Gasteiger partial charge in [-0.05, 0) is 24.6 Å². The van der Waals surface area contributed by atoms with Crippen molar-refractivity contribution in [3.05, 3.63) is 30.0 Å². The molecule has 0 bridgehead atoms. The van der Waals surface area contributed by atoms with E-state index in [1.54, 1.807) is 0 Å². The first kappa shape index (κ1) is 16.4. The molecule has 1 amide bonds. The zero-order chi connectivity index (χ0) is 17.6. The number of nitrogens with zero attached hydrogens (tertiary/aromatic N) is 2. The lowest BCUT2D eigenvalue weighted by atomic mass is 10.2. The molecule has 0 radical (unpaired) electrons. The fourth-order valence-electron chi connectivity index (χ4n) is 2.37. The van der Waals surface area contributed by atoms with E-state index in [9.17, 15) is 4.79 Å². The number of fused-ring (bicyclic) bond motifs is 1.